The molecule has 0 aliphatic carbocycles. The normalized spacial score (nSPS) is 15.3. The van der Waals surface area contributed by atoms with Gasteiger partial charge < -0.3 is 37.9 Å². The molecule has 2 atom stereocenters. The number of aromatic nitrogens is 10. The molecule has 9 rings (SSSR count). The van der Waals surface area contributed by atoms with Crippen molar-refractivity contribution in [1.29, 1.82) is 0 Å². The van der Waals surface area contributed by atoms with Crippen LogP contribution in [0.2, 0.25) is 0 Å². The number of phenolic OH excluding ortho intramolecular Hbond substituents is 1. The van der Waals surface area contributed by atoms with Gasteiger partial charge in [-0.2, -0.15) is 0 Å². The molecule has 65 heavy (non-hydrogen) atoms. The highest BCUT2D eigenvalue weighted by molar-refractivity contribution is 5.80. The molecule has 0 saturated carbocycles. The lowest BCUT2D eigenvalue weighted by Crippen LogP contribution is -2.47. The smallest absolute Gasteiger partial charge is 0.348 e. The van der Waals surface area contributed by atoms with E-state index in [-0.39, 0.29) is 61.7 Å². The Morgan fingerprint density at radius 1 is 0.615 bits per heavy atom. The molecule has 4 aromatic heterocycles. The van der Waals surface area contributed by atoms with Gasteiger partial charge in [0.05, 0.1) is 76.7 Å². The molecule has 1 N–H and O–H groups in total. The van der Waals surface area contributed by atoms with Crippen LogP contribution in [0.25, 0.3) is 22.1 Å². The molecule has 2 unspecified atom stereocenters. The van der Waals surface area contributed by atoms with Crippen LogP contribution in [0.4, 0.5) is 0 Å². The Kier molecular flexibility index (Phi) is 10.4. The first-order valence-corrected chi connectivity index (χ1v) is 20.4. The second-order valence-electron chi connectivity index (χ2n) is 15.6. The van der Waals surface area contributed by atoms with Crippen LogP contribution in [-0.2, 0) is 53.1 Å². The number of rotatable bonds is 12. The molecule has 7 aromatic rings. The number of ether oxygens (including phenoxy) is 5. The summed E-state index contributed by atoms with van der Waals surface area (Å²) in [5.74, 6) is 1.69. The predicted molar refractivity (Wildman–Crippen MR) is 233 cm³/mol. The Morgan fingerprint density at radius 2 is 1.11 bits per heavy atom. The largest absolute Gasteiger partial charge is 0.507 e. The topological polar surface area (TPSA) is 234 Å². The Hall–Kier alpha value is -8.04. The molecule has 2 aliphatic rings. The summed E-state index contributed by atoms with van der Waals surface area (Å²) in [4.78, 5) is 93.7. The minimum absolute atomic E-state index is 0.0812. The summed E-state index contributed by atoms with van der Waals surface area (Å²) < 4.78 is 36.7. The first kappa shape index (κ1) is 42.3. The van der Waals surface area contributed by atoms with E-state index < -0.39 is 46.0 Å². The van der Waals surface area contributed by atoms with Crippen LogP contribution < -0.4 is 57.6 Å². The minimum atomic E-state index is -1.13. The molecular weight excluding hydrogens is 849 g/mol. The van der Waals surface area contributed by atoms with Gasteiger partial charge in [-0.25, -0.2) is 57.0 Å². The summed E-state index contributed by atoms with van der Waals surface area (Å²) in [6.07, 6.45) is 1.51. The van der Waals surface area contributed by atoms with E-state index in [0.717, 1.165) is 9.13 Å². The number of allylic oxidation sites excluding steroid dienone is 2. The van der Waals surface area contributed by atoms with Crippen LogP contribution in [0.5, 0.6) is 34.5 Å². The number of benzene rings is 3. The third kappa shape index (κ3) is 6.53. The number of nitrogens with zero attached hydrogens (tertiary/aromatic N) is 10. The van der Waals surface area contributed by atoms with Crippen LogP contribution in [0, 0.1) is 0 Å². The molecule has 338 valence electrons. The van der Waals surface area contributed by atoms with Gasteiger partial charge >= 0.3 is 22.8 Å². The van der Waals surface area contributed by atoms with Gasteiger partial charge in [0.15, 0.2) is 23.0 Å². The highest BCUT2D eigenvalue weighted by atomic mass is 16.5. The van der Waals surface area contributed by atoms with E-state index in [9.17, 15) is 33.9 Å². The van der Waals surface area contributed by atoms with Crippen LogP contribution in [0.1, 0.15) is 29.0 Å². The van der Waals surface area contributed by atoms with E-state index in [1.54, 1.807) is 56.6 Å². The summed E-state index contributed by atoms with van der Waals surface area (Å²) in [6.45, 7) is -0.801. The van der Waals surface area contributed by atoms with E-state index in [1.807, 2.05) is 0 Å². The quantitative estimate of drug-likeness (QED) is 0.164. The van der Waals surface area contributed by atoms with E-state index >= 15 is 0 Å². The van der Waals surface area contributed by atoms with Crippen molar-refractivity contribution in [2.45, 2.75) is 51.1 Å². The monoisotopic (exact) mass is 892 g/mol. The zero-order chi connectivity index (χ0) is 46.2. The van der Waals surface area contributed by atoms with E-state index in [1.165, 1.54) is 69.5 Å². The van der Waals surface area contributed by atoms with Crippen molar-refractivity contribution < 1.29 is 28.8 Å². The summed E-state index contributed by atoms with van der Waals surface area (Å²) in [5, 5.41) is 11.4. The lowest BCUT2D eigenvalue weighted by atomic mass is 9.89. The maximum absolute atomic E-state index is 14.5. The number of fused-ring (bicyclic) bond motifs is 6. The zero-order valence-corrected chi connectivity index (χ0v) is 36.4. The second-order valence-corrected chi connectivity index (χ2v) is 15.6. The summed E-state index contributed by atoms with van der Waals surface area (Å²) in [6, 6.07) is 8.94. The van der Waals surface area contributed by atoms with Crippen molar-refractivity contribution >= 4 is 22.1 Å². The molecule has 2 aliphatic heterocycles. The molecular formula is C43H44N10O12. The fourth-order valence-corrected chi connectivity index (χ4v) is 8.98. The molecule has 22 heteroatoms. The SMILES string of the molecule is COc1ccc(C2C3=CCn4c(=O)n(CCc5nc6cc(OC)c(OC)cc6n(C)c5=O)c(=O)n4C3Cn3c(=O)n(CCc4nc5cc(OC)c(OC)cc5n(C)c4=O)c(=O)n32)c(O)c1. The predicted octanol–water partition coefficient (Wildman–Crippen LogP) is 0.449. The van der Waals surface area contributed by atoms with E-state index in [4.69, 9.17) is 23.7 Å². The van der Waals surface area contributed by atoms with Crippen molar-refractivity contribution in [2.75, 3.05) is 35.5 Å². The number of aromatic hydroxyl groups is 1. The summed E-state index contributed by atoms with van der Waals surface area (Å²) in [7, 11) is 10.5. The van der Waals surface area contributed by atoms with Crippen molar-refractivity contribution in [3.05, 3.63) is 134 Å². The number of methoxy groups -OCH3 is 5. The maximum atomic E-state index is 14.5. The standard InChI is InChI=1S/C43H44N10O12/c1-46-29-19-35(64-6)33(62-4)17-27(29)44-25(38(46)55)11-13-48-40(57)50-15-10-23-31(52(50)42(48)59)21-51-41(58)49(43(60)53(51)37(23)24-9-8-22(61-3)16-32(24)54)14-12-26-39(56)47(2)30-20-36(65-7)34(63-5)18-28(30)45-26/h8-10,16-20,31,37,54H,11-15,21H2,1-7H3. The van der Waals surface area contributed by atoms with Gasteiger partial charge in [0.25, 0.3) is 11.1 Å². The number of phenols is 1. The summed E-state index contributed by atoms with van der Waals surface area (Å²) >= 11 is 0. The van der Waals surface area contributed by atoms with Gasteiger partial charge in [0, 0.05) is 75.9 Å². The van der Waals surface area contributed by atoms with Crippen molar-refractivity contribution in [2.24, 2.45) is 14.1 Å². The fraction of sp³-hybridized carbons (Fsp3) is 0.349. The maximum Gasteiger partial charge on any atom is 0.348 e. The van der Waals surface area contributed by atoms with Gasteiger partial charge in [-0.3, -0.25) is 9.59 Å². The Labute approximate surface area is 366 Å². The molecule has 22 nitrogen and oxygen atoms in total. The van der Waals surface area contributed by atoms with Crippen molar-refractivity contribution in [3.63, 3.8) is 0 Å². The molecule has 0 spiro atoms. The highest BCUT2D eigenvalue weighted by Crippen LogP contribution is 2.42. The molecule has 0 fully saturated rings. The van der Waals surface area contributed by atoms with Gasteiger partial charge in [0.1, 0.15) is 28.9 Å². The zero-order valence-electron chi connectivity index (χ0n) is 36.4. The second kappa shape index (κ2) is 15.9. The average molecular weight is 893 g/mol. The molecule has 3 aromatic carbocycles. The number of aryl methyl sites for hydroxylation is 4. The van der Waals surface area contributed by atoms with Crippen LogP contribution >= 0.6 is 0 Å². The average Bonchev–Trinajstić information content (AvgIpc) is 3.70. The van der Waals surface area contributed by atoms with Crippen molar-refractivity contribution in [1.82, 2.24) is 47.0 Å². The lowest BCUT2D eigenvalue weighted by molar-refractivity contribution is 0.243. The van der Waals surface area contributed by atoms with Gasteiger partial charge in [-0.15, -0.1) is 0 Å². The third-order valence-electron chi connectivity index (χ3n) is 12.3. The molecule has 6 heterocycles. The van der Waals surface area contributed by atoms with Crippen molar-refractivity contribution in [3.8, 4) is 34.5 Å². The van der Waals surface area contributed by atoms with E-state index in [0.29, 0.717) is 56.4 Å². The van der Waals surface area contributed by atoms with Crippen LogP contribution in [-0.4, -0.2) is 87.6 Å². The first-order chi connectivity index (χ1) is 31.2. The highest BCUT2D eigenvalue weighted by Gasteiger charge is 2.42. The molecule has 0 amide bonds. The fourth-order valence-electron chi connectivity index (χ4n) is 8.98. The molecule has 0 bridgehead atoms. The Bertz CT molecular complexity index is 3530. The summed E-state index contributed by atoms with van der Waals surface area (Å²) in [5.41, 5.74) is -1.05. The lowest BCUT2D eigenvalue weighted by Gasteiger charge is -2.37. The Balaban J connectivity index is 1.10. The Morgan fingerprint density at radius 3 is 1.60 bits per heavy atom. The number of hydrogen-bond acceptors (Lipinski definition) is 14. The first-order valence-electron chi connectivity index (χ1n) is 20.4. The number of hydrogen-bond donors (Lipinski definition) is 1. The van der Waals surface area contributed by atoms with Gasteiger partial charge in [-0.1, -0.05) is 6.08 Å². The molecule has 0 radical (unpaired) electrons. The molecule has 0 saturated heterocycles. The van der Waals surface area contributed by atoms with Gasteiger partial charge in [-0.05, 0) is 17.7 Å². The minimum Gasteiger partial charge on any atom is -0.507 e. The van der Waals surface area contributed by atoms with Gasteiger partial charge in [0.2, 0.25) is 0 Å². The van der Waals surface area contributed by atoms with Crippen LogP contribution in [0.15, 0.2) is 82.9 Å². The third-order valence-corrected chi connectivity index (χ3v) is 12.3. The van der Waals surface area contributed by atoms with Crippen LogP contribution in [0.3, 0.4) is 0 Å². The van der Waals surface area contributed by atoms with E-state index in [2.05, 4.69) is 9.97 Å².